The molecule has 1 aromatic carbocycles. The lowest BCUT2D eigenvalue weighted by molar-refractivity contribution is 0.0754. The topological polar surface area (TPSA) is 105 Å². The standard InChI is InChI=1S/C18H17FN4O4S2/c1-11-15(29(25,26)22-13-7-3-2-6-12(13)19)10-14(28-11)16-20-21-17(27-16)18(24)23-8-4-5-9-23/h2-3,6-7,10,22H,4-5,8-9H2,1H3. The molecule has 0 radical (unpaired) electrons. The summed E-state index contributed by atoms with van der Waals surface area (Å²) in [6, 6.07) is 6.88. The van der Waals surface area contributed by atoms with Gasteiger partial charge in [-0.1, -0.05) is 12.1 Å². The van der Waals surface area contributed by atoms with Crippen LogP contribution in [0.15, 0.2) is 39.6 Å². The fraction of sp³-hybridized carbons (Fsp3) is 0.278. The van der Waals surface area contributed by atoms with Crippen LogP contribution in [0.3, 0.4) is 0 Å². The van der Waals surface area contributed by atoms with E-state index >= 15 is 0 Å². The Hall–Kier alpha value is -2.79. The third-order valence-corrected chi connectivity index (χ3v) is 7.15. The van der Waals surface area contributed by atoms with Gasteiger partial charge >= 0.3 is 11.8 Å². The number of halogens is 1. The number of rotatable bonds is 5. The molecule has 0 saturated carbocycles. The zero-order valence-electron chi connectivity index (χ0n) is 15.4. The van der Waals surface area contributed by atoms with E-state index < -0.39 is 15.8 Å². The maximum Gasteiger partial charge on any atom is 0.311 e. The van der Waals surface area contributed by atoms with Crippen LogP contribution >= 0.6 is 11.3 Å². The predicted molar refractivity (Wildman–Crippen MR) is 105 cm³/mol. The minimum absolute atomic E-state index is 0.0219. The minimum atomic E-state index is -4.02. The summed E-state index contributed by atoms with van der Waals surface area (Å²) in [5.41, 5.74) is -0.143. The molecule has 11 heteroatoms. The summed E-state index contributed by atoms with van der Waals surface area (Å²) in [5.74, 6) is -1.07. The van der Waals surface area contributed by atoms with E-state index in [1.54, 1.807) is 11.8 Å². The average molecular weight is 436 g/mol. The maximum atomic E-state index is 13.8. The van der Waals surface area contributed by atoms with Gasteiger partial charge in [0.15, 0.2) is 0 Å². The number of carbonyl (C=O) groups excluding carboxylic acids is 1. The molecule has 1 saturated heterocycles. The van der Waals surface area contributed by atoms with Crippen LogP contribution in [0.5, 0.6) is 0 Å². The number of likely N-dealkylation sites (tertiary alicyclic amines) is 1. The van der Waals surface area contributed by atoms with Gasteiger partial charge in [0, 0.05) is 18.0 Å². The van der Waals surface area contributed by atoms with Crippen LogP contribution in [0, 0.1) is 12.7 Å². The highest BCUT2D eigenvalue weighted by Crippen LogP contribution is 2.34. The molecular weight excluding hydrogens is 419 g/mol. The van der Waals surface area contributed by atoms with Crippen molar-refractivity contribution in [2.45, 2.75) is 24.7 Å². The summed E-state index contributed by atoms with van der Waals surface area (Å²) >= 11 is 1.13. The number of sulfonamides is 1. The van der Waals surface area contributed by atoms with E-state index in [9.17, 15) is 17.6 Å². The number of amides is 1. The van der Waals surface area contributed by atoms with Gasteiger partial charge in [0.05, 0.1) is 10.6 Å². The van der Waals surface area contributed by atoms with Gasteiger partial charge in [0.25, 0.3) is 15.9 Å². The second-order valence-electron chi connectivity index (χ2n) is 6.53. The highest BCUT2D eigenvalue weighted by molar-refractivity contribution is 7.93. The molecule has 0 unspecified atom stereocenters. The van der Waals surface area contributed by atoms with Crippen LogP contribution in [-0.4, -0.2) is 42.5 Å². The average Bonchev–Trinajstić information content (AvgIpc) is 3.43. The molecule has 8 nitrogen and oxygen atoms in total. The van der Waals surface area contributed by atoms with E-state index in [0.29, 0.717) is 22.8 Å². The quantitative estimate of drug-likeness (QED) is 0.658. The Kier molecular flexibility index (Phi) is 5.09. The number of hydrogen-bond donors (Lipinski definition) is 1. The van der Waals surface area contributed by atoms with E-state index in [4.69, 9.17) is 4.42 Å². The number of nitrogens with zero attached hydrogens (tertiary/aromatic N) is 3. The Bertz CT molecular complexity index is 1170. The monoisotopic (exact) mass is 436 g/mol. The molecule has 1 aliphatic heterocycles. The first-order chi connectivity index (χ1) is 13.8. The number of hydrogen-bond acceptors (Lipinski definition) is 7. The zero-order chi connectivity index (χ0) is 20.6. The third kappa shape index (κ3) is 3.87. The van der Waals surface area contributed by atoms with Crippen LogP contribution in [0.25, 0.3) is 10.8 Å². The summed E-state index contributed by atoms with van der Waals surface area (Å²) in [6.45, 7) is 2.92. The van der Waals surface area contributed by atoms with Gasteiger partial charge in [-0.15, -0.1) is 21.5 Å². The van der Waals surface area contributed by atoms with E-state index in [1.807, 2.05) is 0 Å². The second-order valence-corrected chi connectivity index (χ2v) is 9.44. The van der Waals surface area contributed by atoms with Crippen LogP contribution < -0.4 is 4.72 Å². The number of aryl methyl sites for hydroxylation is 1. The number of aromatic nitrogens is 2. The van der Waals surface area contributed by atoms with Gasteiger partial charge in [-0.05, 0) is 38.0 Å². The van der Waals surface area contributed by atoms with Crippen molar-refractivity contribution in [1.82, 2.24) is 15.1 Å². The van der Waals surface area contributed by atoms with Gasteiger partial charge in [0.2, 0.25) is 0 Å². The molecule has 0 aliphatic carbocycles. The van der Waals surface area contributed by atoms with Gasteiger partial charge in [0.1, 0.15) is 10.7 Å². The number of thiophene rings is 1. The number of anilines is 1. The molecule has 1 aliphatic rings. The van der Waals surface area contributed by atoms with Crippen molar-refractivity contribution in [2.75, 3.05) is 17.8 Å². The molecule has 0 atom stereocenters. The number of nitrogens with one attached hydrogen (secondary N) is 1. The minimum Gasteiger partial charge on any atom is -0.411 e. The summed E-state index contributed by atoms with van der Waals surface area (Å²) in [4.78, 5) is 14.8. The summed E-state index contributed by atoms with van der Waals surface area (Å²) in [5, 5.41) is 7.69. The molecule has 3 heterocycles. The largest absolute Gasteiger partial charge is 0.411 e. The molecule has 29 heavy (non-hydrogen) atoms. The molecular formula is C18H17FN4O4S2. The van der Waals surface area contributed by atoms with E-state index in [1.165, 1.54) is 30.3 Å². The highest BCUT2D eigenvalue weighted by atomic mass is 32.2. The predicted octanol–water partition coefficient (Wildman–Crippen LogP) is 3.28. The molecule has 1 fully saturated rings. The Morgan fingerprint density at radius 2 is 1.97 bits per heavy atom. The Morgan fingerprint density at radius 3 is 2.69 bits per heavy atom. The SMILES string of the molecule is Cc1sc(-c2nnc(C(=O)N3CCCC3)o2)cc1S(=O)(=O)Nc1ccccc1F. The Labute approximate surface area is 170 Å². The maximum absolute atomic E-state index is 13.8. The fourth-order valence-corrected chi connectivity index (χ4v) is 5.63. The van der Waals surface area contributed by atoms with Crippen LogP contribution in [0.1, 0.15) is 28.4 Å². The van der Waals surface area contributed by atoms with Crippen LogP contribution in [-0.2, 0) is 10.0 Å². The van der Waals surface area contributed by atoms with Crippen LogP contribution in [0.2, 0.25) is 0 Å². The molecule has 1 N–H and O–H groups in total. The van der Waals surface area contributed by atoms with E-state index in [-0.39, 0.29) is 28.3 Å². The second kappa shape index (κ2) is 7.56. The van der Waals surface area contributed by atoms with Crippen molar-refractivity contribution in [1.29, 1.82) is 0 Å². The van der Waals surface area contributed by atoms with Crippen molar-refractivity contribution < 1.29 is 22.0 Å². The Balaban J connectivity index is 1.60. The highest BCUT2D eigenvalue weighted by Gasteiger charge is 2.27. The number of para-hydroxylation sites is 1. The van der Waals surface area contributed by atoms with Crippen molar-refractivity contribution in [3.63, 3.8) is 0 Å². The first-order valence-electron chi connectivity index (χ1n) is 8.86. The lowest BCUT2D eigenvalue weighted by Crippen LogP contribution is -2.27. The lowest BCUT2D eigenvalue weighted by Gasteiger charge is -2.11. The van der Waals surface area contributed by atoms with Crippen molar-refractivity contribution in [3.05, 3.63) is 46.9 Å². The first kappa shape index (κ1) is 19.5. The van der Waals surface area contributed by atoms with Crippen molar-refractivity contribution in [2.24, 2.45) is 0 Å². The molecule has 0 bridgehead atoms. The molecule has 1 amide bonds. The summed E-state index contributed by atoms with van der Waals surface area (Å²) in [6.07, 6.45) is 1.88. The summed E-state index contributed by atoms with van der Waals surface area (Å²) in [7, 11) is -4.02. The lowest BCUT2D eigenvalue weighted by atomic mass is 10.3. The smallest absolute Gasteiger partial charge is 0.311 e. The molecule has 3 aromatic rings. The molecule has 0 spiro atoms. The van der Waals surface area contributed by atoms with E-state index in [2.05, 4.69) is 14.9 Å². The van der Waals surface area contributed by atoms with Crippen molar-refractivity contribution >= 4 is 33.0 Å². The van der Waals surface area contributed by atoms with Gasteiger partial charge in [-0.3, -0.25) is 9.52 Å². The van der Waals surface area contributed by atoms with E-state index in [0.717, 1.165) is 24.2 Å². The van der Waals surface area contributed by atoms with Crippen molar-refractivity contribution in [3.8, 4) is 10.8 Å². The van der Waals surface area contributed by atoms with Crippen LogP contribution in [0.4, 0.5) is 10.1 Å². The van der Waals surface area contributed by atoms with Gasteiger partial charge in [-0.25, -0.2) is 12.8 Å². The Morgan fingerprint density at radius 1 is 1.24 bits per heavy atom. The molecule has 4 rings (SSSR count). The molecule has 152 valence electrons. The molecule has 2 aromatic heterocycles. The number of carbonyl (C=O) groups is 1. The summed E-state index contributed by atoms with van der Waals surface area (Å²) < 4.78 is 47.0. The first-order valence-corrected chi connectivity index (χ1v) is 11.2. The van der Waals surface area contributed by atoms with Gasteiger partial charge in [-0.2, -0.15) is 0 Å². The fourth-order valence-electron chi connectivity index (χ4n) is 3.05. The third-order valence-electron chi connectivity index (χ3n) is 4.49. The zero-order valence-corrected chi connectivity index (χ0v) is 17.0. The normalized spacial score (nSPS) is 14.3. The number of benzene rings is 1. The van der Waals surface area contributed by atoms with Gasteiger partial charge < -0.3 is 9.32 Å².